The molecule has 2 N–H and O–H groups in total. The minimum absolute atomic E-state index is 0.292. The van der Waals surface area contributed by atoms with E-state index in [1.54, 1.807) is 6.20 Å². The highest BCUT2D eigenvalue weighted by molar-refractivity contribution is 6.32. The molecule has 0 amide bonds. The lowest BCUT2D eigenvalue weighted by atomic mass is 10.1. The number of halogens is 1. The molecule has 3 heterocycles. The SMILES string of the molecule is Nc1ncc(Cl)c(N2CCC(N3CCCCC3)C2)n1. The molecule has 0 aliphatic carbocycles. The van der Waals surface area contributed by atoms with Crippen molar-refractivity contribution in [2.24, 2.45) is 0 Å². The first-order valence-electron chi connectivity index (χ1n) is 7.01. The Balaban J connectivity index is 1.69. The Bertz CT molecular complexity index is 447. The number of aromatic nitrogens is 2. The number of hydrogen-bond acceptors (Lipinski definition) is 5. The van der Waals surface area contributed by atoms with E-state index in [1.807, 2.05) is 0 Å². The van der Waals surface area contributed by atoms with Gasteiger partial charge >= 0.3 is 0 Å². The Hall–Kier alpha value is -1.07. The molecule has 2 aliphatic heterocycles. The predicted octanol–water partition coefficient (Wildman–Crippen LogP) is 1.78. The summed E-state index contributed by atoms with van der Waals surface area (Å²) in [6, 6.07) is 0.632. The van der Waals surface area contributed by atoms with Crippen molar-refractivity contribution in [3.8, 4) is 0 Å². The molecular weight excluding hydrogens is 262 g/mol. The third-order valence-corrected chi connectivity index (χ3v) is 4.38. The summed E-state index contributed by atoms with van der Waals surface area (Å²) in [5.41, 5.74) is 5.65. The maximum absolute atomic E-state index is 6.17. The fourth-order valence-corrected chi connectivity index (χ4v) is 3.32. The molecule has 5 nitrogen and oxygen atoms in total. The summed E-state index contributed by atoms with van der Waals surface area (Å²) in [7, 11) is 0. The van der Waals surface area contributed by atoms with Crippen molar-refractivity contribution in [3.05, 3.63) is 11.2 Å². The van der Waals surface area contributed by atoms with Crippen LogP contribution in [0.2, 0.25) is 5.02 Å². The molecule has 0 spiro atoms. The summed E-state index contributed by atoms with van der Waals surface area (Å²) in [6.07, 6.45) is 6.81. The second kappa shape index (κ2) is 5.51. The Kier molecular flexibility index (Phi) is 3.75. The van der Waals surface area contributed by atoms with E-state index in [2.05, 4.69) is 19.8 Å². The number of piperidine rings is 1. The van der Waals surface area contributed by atoms with E-state index < -0.39 is 0 Å². The van der Waals surface area contributed by atoms with Gasteiger partial charge < -0.3 is 10.6 Å². The normalized spacial score (nSPS) is 24.9. The first-order chi connectivity index (χ1) is 9.24. The molecule has 6 heteroatoms. The van der Waals surface area contributed by atoms with Crippen LogP contribution in [0.4, 0.5) is 11.8 Å². The van der Waals surface area contributed by atoms with E-state index in [0.717, 1.165) is 18.9 Å². The summed E-state index contributed by atoms with van der Waals surface area (Å²) in [4.78, 5) is 13.0. The van der Waals surface area contributed by atoms with Crippen LogP contribution in [0.1, 0.15) is 25.7 Å². The lowest BCUT2D eigenvalue weighted by molar-refractivity contribution is 0.175. The lowest BCUT2D eigenvalue weighted by Crippen LogP contribution is -2.41. The number of anilines is 2. The quantitative estimate of drug-likeness (QED) is 0.895. The lowest BCUT2D eigenvalue weighted by Gasteiger charge is -2.32. The smallest absolute Gasteiger partial charge is 0.222 e. The summed E-state index contributed by atoms with van der Waals surface area (Å²) >= 11 is 6.17. The second-order valence-corrected chi connectivity index (χ2v) is 5.79. The van der Waals surface area contributed by atoms with Crippen molar-refractivity contribution in [1.82, 2.24) is 14.9 Å². The van der Waals surface area contributed by atoms with Crippen molar-refractivity contribution in [1.29, 1.82) is 0 Å². The van der Waals surface area contributed by atoms with Crippen LogP contribution in [0.5, 0.6) is 0 Å². The van der Waals surface area contributed by atoms with Gasteiger partial charge in [-0.1, -0.05) is 18.0 Å². The molecule has 0 bridgehead atoms. The molecule has 104 valence electrons. The zero-order valence-corrected chi connectivity index (χ0v) is 11.8. The van der Waals surface area contributed by atoms with Gasteiger partial charge in [0.15, 0.2) is 5.82 Å². The van der Waals surface area contributed by atoms with Crippen molar-refractivity contribution in [2.45, 2.75) is 31.7 Å². The molecule has 2 aliphatic rings. The summed E-state index contributed by atoms with van der Waals surface area (Å²) in [5.74, 6) is 1.08. The van der Waals surface area contributed by atoms with Gasteiger partial charge in [-0.15, -0.1) is 0 Å². The van der Waals surface area contributed by atoms with Crippen molar-refractivity contribution < 1.29 is 0 Å². The minimum atomic E-state index is 0.292. The summed E-state index contributed by atoms with van der Waals surface area (Å²) in [5, 5.41) is 0.591. The highest BCUT2D eigenvalue weighted by atomic mass is 35.5. The topological polar surface area (TPSA) is 58.3 Å². The van der Waals surface area contributed by atoms with Gasteiger partial charge in [-0.2, -0.15) is 4.98 Å². The van der Waals surface area contributed by atoms with Gasteiger partial charge in [-0.25, -0.2) is 4.98 Å². The Morgan fingerprint density at radius 1 is 1.21 bits per heavy atom. The molecule has 0 aromatic carbocycles. The zero-order valence-electron chi connectivity index (χ0n) is 11.1. The van der Waals surface area contributed by atoms with E-state index in [4.69, 9.17) is 17.3 Å². The Morgan fingerprint density at radius 2 is 2.00 bits per heavy atom. The average molecular weight is 282 g/mol. The second-order valence-electron chi connectivity index (χ2n) is 5.38. The average Bonchev–Trinajstić information content (AvgIpc) is 2.92. The van der Waals surface area contributed by atoms with Crippen LogP contribution in [0.25, 0.3) is 0 Å². The van der Waals surface area contributed by atoms with E-state index in [0.29, 0.717) is 17.0 Å². The molecule has 0 saturated carbocycles. The molecular formula is C13H20ClN5. The molecule has 1 aromatic rings. The summed E-state index contributed by atoms with van der Waals surface area (Å²) < 4.78 is 0. The Morgan fingerprint density at radius 3 is 2.79 bits per heavy atom. The molecule has 3 rings (SSSR count). The number of hydrogen-bond donors (Lipinski definition) is 1. The van der Waals surface area contributed by atoms with Gasteiger partial charge in [-0.3, -0.25) is 4.90 Å². The maximum Gasteiger partial charge on any atom is 0.222 e. The number of rotatable bonds is 2. The molecule has 19 heavy (non-hydrogen) atoms. The molecule has 1 unspecified atom stereocenters. The molecule has 1 aromatic heterocycles. The molecule has 2 saturated heterocycles. The highest BCUT2D eigenvalue weighted by Crippen LogP contribution is 2.28. The van der Waals surface area contributed by atoms with Gasteiger partial charge in [0.05, 0.1) is 6.20 Å². The fraction of sp³-hybridized carbons (Fsp3) is 0.692. The van der Waals surface area contributed by atoms with Gasteiger partial charge in [-0.05, 0) is 32.4 Å². The standard InChI is InChI=1S/C13H20ClN5/c14-11-8-16-13(15)17-12(11)19-7-4-10(9-19)18-5-2-1-3-6-18/h8,10H,1-7,9H2,(H2,15,16,17). The molecule has 2 fully saturated rings. The zero-order chi connectivity index (χ0) is 13.2. The number of nitrogens with zero attached hydrogens (tertiary/aromatic N) is 4. The first kappa shape index (κ1) is 12.9. The van der Waals surface area contributed by atoms with E-state index in [1.165, 1.54) is 38.8 Å². The van der Waals surface area contributed by atoms with E-state index >= 15 is 0 Å². The van der Waals surface area contributed by atoms with Crippen molar-refractivity contribution in [3.63, 3.8) is 0 Å². The third kappa shape index (κ3) is 2.77. The number of nitrogen functional groups attached to an aromatic ring is 1. The maximum atomic E-state index is 6.17. The molecule has 1 atom stereocenters. The fourth-order valence-electron chi connectivity index (χ4n) is 3.11. The predicted molar refractivity (Wildman–Crippen MR) is 77.5 cm³/mol. The van der Waals surface area contributed by atoms with Crippen LogP contribution in [0.3, 0.4) is 0 Å². The first-order valence-corrected chi connectivity index (χ1v) is 7.39. The van der Waals surface area contributed by atoms with Crippen LogP contribution in [-0.4, -0.2) is 47.1 Å². The number of likely N-dealkylation sites (tertiary alicyclic amines) is 1. The molecule has 0 radical (unpaired) electrons. The minimum Gasteiger partial charge on any atom is -0.368 e. The summed E-state index contributed by atoms with van der Waals surface area (Å²) in [6.45, 7) is 4.46. The van der Waals surface area contributed by atoms with Crippen LogP contribution < -0.4 is 10.6 Å². The van der Waals surface area contributed by atoms with Gasteiger partial charge in [0.1, 0.15) is 5.02 Å². The highest BCUT2D eigenvalue weighted by Gasteiger charge is 2.30. The van der Waals surface area contributed by atoms with Crippen LogP contribution in [0.15, 0.2) is 6.20 Å². The van der Waals surface area contributed by atoms with Crippen LogP contribution in [0, 0.1) is 0 Å². The van der Waals surface area contributed by atoms with Gasteiger partial charge in [0.25, 0.3) is 0 Å². The van der Waals surface area contributed by atoms with Gasteiger partial charge in [0, 0.05) is 19.1 Å². The van der Waals surface area contributed by atoms with E-state index in [9.17, 15) is 0 Å². The largest absolute Gasteiger partial charge is 0.368 e. The van der Waals surface area contributed by atoms with Gasteiger partial charge in [0.2, 0.25) is 5.95 Å². The van der Waals surface area contributed by atoms with Crippen LogP contribution in [-0.2, 0) is 0 Å². The number of nitrogens with two attached hydrogens (primary N) is 1. The van der Waals surface area contributed by atoms with E-state index in [-0.39, 0.29) is 0 Å². The van der Waals surface area contributed by atoms with Crippen LogP contribution >= 0.6 is 11.6 Å². The monoisotopic (exact) mass is 281 g/mol. The van der Waals surface area contributed by atoms with Crippen molar-refractivity contribution >= 4 is 23.4 Å². The van der Waals surface area contributed by atoms with Crippen molar-refractivity contribution in [2.75, 3.05) is 36.8 Å². The third-order valence-electron chi connectivity index (χ3n) is 4.11. The Labute approximate surface area is 118 Å².